The molecule has 0 radical (unpaired) electrons. The molecule has 0 aliphatic carbocycles. The largest absolute Gasteiger partial charge is 0.311 e. The van der Waals surface area contributed by atoms with Gasteiger partial charge in [-0.1, -0.05) is 48.0 Å². The summed E-state index contributed by atoms with van der Waals surface area (Å²) >= 11 is 3.64. The van der Waals surface area contributed by atoms with Crippen molar-refractivity contribution in [2.75, 3.05) is 13.1 Å². The van der Waals surface area contributed by atoms with E-state index in [1.54, 1.807) is 0 Å². The highest BCUT2D eigenvalue weighted by molar-refractivity contribution is 9.10. The van der Waals surface area contributed by atoms with Crippen LogP contribution in [0.1, 0.15) is 32.3 Å². The third-order valence-corrected chi connectivity index (χ3v) is 4.20. The van der Waals surface area contributed by atoms with Crippen LogP contribution in [-0.4, -0.2) is 30.1 Å². The lowest BCUT2D eigenvalue weighted by Crippen LogP contribution is -2.47. The van der Waals surface area contributed by atoms with E-state index in [4.69, 9.17) is 0 Å². The number of nitrogens with zero attached hydrogens (tertiary/aromatic N) is 1. The quantitative estimate of drug-likeness (QED) is 0.917. The molecule has 0 saturated carbocycles. The third-order valence-electron chi connectivity index (χ3n) is 3.43. The van der Waals surface area contributed by atoms with Gasteiger partial charge in [-0.25, -0.2) is 0 Å². The van der Waals surface area contributed by atoms with Crippen molar-refractivity contribution in [3.8, 4) is 0 Å². The lowest BCUT2D eigenvalue weighted by molar-refractivity contribution is 0.178. The number of hydrogen-bond acceptors (Lipinski definition) is 2. The molecule has 2 nitrogen and oxygen atoms in total. The fourth-order valence-electron chi connectivity index (χ4n) is 2.67. The van der Waals surface area contributed by atoms with Gasteiger partial charge in [0.15, 0.2) is 0 Å². The topological polar surface area (TPSA) is 15.3 Å². The SMILES string of the molecule is CC(C)NC1CCCN(Cc2ccccc2Br)C1. The first-order chi connectivity index (χ1) is 8.65. The van der Waals surface area contributed by atoms with E-state index in [1.807, 2.05) is 0 Å². The Hall–Kier alpha value is -0.380. The van der Waals surface area contributed by atoms with Gasteiger partial charge in [-0.15, -0.1) is 0 Å². The van der Waals surface area contributed by atoms with Gasteiger partial charge in [0.05, 0.1) is 0 Å². The Labute approximate surface area is 119 Å². The van der Waals surface area contributed by atoms with E-state index in [2.05, 4.69) is 64.3 Å². The summed E-state index contributed by atoms with van der Waals surface area (Å²) in [5.74, 6) is 0. The summed E-state index contributed by atoms with van der Waals surface area (Å²) in [5.41, 5.74) is 1.39. The number of benzene rings is 1. The average Bonchev–Trinajstić information content (AvgIpc) is 2.32. The zero-order chi connectivity index (χ0) is 13.0. The number of piperidine rings is 1. The second-order valence-electron chi connectivity index (χ2n) is 5.49. The van der Waals surface area contributed by atoms with Crippen LogP contribution in [0.3, 0.4) is 0 Å². The van der Waals surface area contributed by atoms with Crippen LogP contribution in [0.15, 0.2) is 28.7 Å². The molecule has 1 fully saturated rings. The van der Waals surface area contributed by atoms with E-state index in [9.17, 15) is 0 Å². The molecule has 1 aliphatic rings. The maximum absolute atomic E-state index is 3.66. The van der Waals surface area contributed by atoms with Crippen LogP contribution in [-0.2, 0) is 6.54 Å². The number of nitrogens with one attached hydrogen (secondary N) is 1. The molecule has 2 rings (SSSR count). The normalized spacial score (nSPS) is 21.4. The second-order valence-corrected chi connectivity index (χ2v) is 6.34. The summed E-state index contributed by atoms with van der Waals surface area (Å²) in [4.78, 5) is 2.56. The molecular formula is C15H23BrN2. The number of rotatable bonds is 4. The van der Waals surface area contributed by atoms with Crippen molar-refractivity contribution in [2.24, 2.45) is 0 Å². The van der Waals surface area contributed by atoms with Gasteiger partial charge in [0, 0.05) is 29.6 Å². The maximum atomic E-state index is 3.66. The Balaban J connectivity index is 1.91. The van der Waals surface area contributed by atoms with Crippen LogP contribution in [0.4, 0.5) is 0 Å². The van der Waals surface area contributed by atoms with Crippen molar-refractivity contribution in [3.63, 3.8) is 0 Å². The summed E-state index contributed by atoms with van der Waals surface area (Å²) in [7, 11) is 0. The molecule has 1 aromatic rings. The predicted octanol–water partition coefficient (Wildman–Crippen LogP) is 3.41. The van der Waals surface area contributed by atoms with Gasteiger partial charge in [0.25, 0.3) is 0 Å². The van der Waals surface area contributed by atoms with Gasteiger partial charge < -0.3 is 5.32 Å². The second kappa shape index (κ2) is 6.69. The summed E-state index contributed by atoms with van der Waals surface area (Å²) in [6.07, 6.45) is 2.61. The molecule has 0 bridgehead atoms. The van der Waals surface area contributed by atoms with Crippen molar-refractivity contribution < 1.29 is 0 Å². The third kappa shape index (κ3) is 4.08. The first-order valence-corrected chi connectivity index (χ1v) is 7.66. The zero-order valence-electron chi connectivity index (χ0n) is 11.3. The molecular weight excluding hydrogens is 288 g/mol. The van der Waals surface area contributed by atoms with Crippen LogP contribution in [0.25, 0.3) is 0 Å². The summed E-state index contributed by atoms with van der Waals surface area (Å²) in [5, 5.41) is 3.66. The van der Waals surface area contributed by atoms with Gasteiger partial charge in [-0.3, -0.25) is 4.90 Å². The van der Waals surface area contributed by atoms with Gasteiger partial charge in [0.1, 0.15) is 0 Å². The van der Waals surface area contributed by atoms with E-state index in [0.29, 0.717) is 12.1 Å². The Morgan fingerprint density at radius 3 is 2.89 bits per heavy atom. The molecule has 0 amide bonds. The molecule has 1 N–H and O–H groups in total. The molecule has 1 heterocycles. The van der Waals surface area contributed by atoms with E-state index in [-0.39, 0.29) is 0 Å². The molecule has 1 saturated heterocycles. The summed E-state index contributed by atoms with van der Waals surface area (Å²) < 4.78 is 1.23. The van der Waals surface area contributed by atoms with Crippen LogP contribution >= 0.6 is 15.9 Å². The minimum atomic E-state index is 0.582. The summed E-state index contributed by atoms with van der Waals surface area (Å²) in [6.45, 7) is 7.90. The van der Waals surface area contributed by atoms with Crippen LogP contribution in [0.5, 0.6) is 0 Å². The Bertz CT molecular complexity index is 379. The zero-order valence-corrected chi connectivity index (χ0v) is 12.9. The van der Waals surface area contributed by atoms with Crippen molar-refractivity contribution in [2.45, 2.75) is 45.3 Å². The molecule has 100 valence electrons. The first-order valence-electron chi connectivity index (χ1n) is 6.87. The van der Waals surface area contributed by atoms with Crippen molar-refractivity contribution in [1.82, 2.24) is 10.2 Å². The molecule has 18 heavy (non-hydrogen) atoms. The van der Waals surface area contributed by atoms with Crippen molar-refractivity contribution in [3.05, 3.63) is 34.3 Å². The van der Waals surface area contributed by atoms with Crippen molar-refractivity contribution >= 4 is 15.9 Å². The smallest absolute Gasteiger partial charge is 0.0245 e. The van der Waals surface area contributed by atoms with Gasteiger partial charge in [-0.2, -0.15) is 0 Å². The van der Waals surface area contributed by atoms with E-state index in [1.165, 1.54) is 36.0 Å². The van der Waals surface area contributed by atoms with Crippen LogP contribution < -0.4 is 5.32 Å². The fraction of sp³-hybridized carbons (Fsp3) is 0.600. The van der Waals surface area contributed by atoms with Crippen molar-refractivity contribution in [1.29, 1.82) is 0 Å². The molecule has 1 aliphatic heterocycles. The summed E-state index contributed by atoms with van der Waals surface area (Å²) in [6, 6.07) is 9.77. The monoisotopic (exact) mass is 310 g/mol. The Morgan fingerprint density at radius 1 is 1.39 bits per heavy atom. The minimum absolute atomic E-state index is 0.582. The standard InChI is InChI=1S/C15H23BrN2/c1-12(2)17-14-7-5-9-18(11-14)10-13-6-3-4-8-15(13)16/h3-4,6,8,12,14,17H,5,7,9-11H2,1-2H3. The molecule has 1 unspecified atom stereocenters. The molecule has 1 aromatic carbocycles. The Kier molecular flexibility index (Phi) is 5.22. The average molecular weight is 311 g/mol. The van der Waals surface area contributed by atoms with Gasteiger partial charge >= 0.3 is 0 Å². The fourth-order valence-corrected chi connectivity index (χ4v) is 3.08. The van der Waals surface area contributed by atoms with Gasteiger partial charge in [-0.05, 0) is 31.0 Å². The first kappa shape index (κ1) is 14.0. The van der Waals surface area contributed by atoms with Crippen LogP contribution in [0, 0.1) is 0 Å². The molecule has 0 spiro atoms. The highest BCUT2D eigenvalue weighted by Gasteiger charge is 2.20. The Morgan fingerprint density at radius 2 is 2.17 bits per heavy atom. The number of halogens is 1. The molecule has 3 heteroatoms. The lowest BCUT2D eigenvalue weighted by atomic mass is 10.0. The highest BCUT2D eigenvalue weighted by Crippen LogP contribution is 2.20. The number of likely N-dealkylation sites (tertiary alicyclic amines) is 1. The maximum Gasteiger partial charge on any atom is 0.0245 e. The highest BCUT2D eigenvalue weighted by atomic mass is 79.9. The molecule has 0 aromatic heterocycles. The van der Waals surface area contributed by atoms with E-state index < -0.39 is 0 Å². The van der Waals surface area contributed by atoms with Crippen LogP contribution in [0.2, 0.25) is 0 Å². The number of hydrogen-bond donors (Lipinski definition) is 1. The lowest BCUT2D eigenvalue weighted by Gasteiger charge is -2.34. The van der Waals surface area contributed by atoms with Gasteiger partial charge in [0.2, 0.25) is 0 Å². The predicted molar refractivity (Wildman–Crippen MR) is 80.7 cm³/mol. The minimum Gasteiger partial charge on any atom is -0.311 e. The van der Waals surface area contributed by atoms with E-state index >= 15 is 0 Å². The van der Waals surface area contributed by atoms with E-state index in [0.717, 1.165) is 6.54 Å². The molecule has 1 atom stereocenters.